The summed E-state index contributed by atoms with van der Waals surface area (Å²) in [6, 6.07) is 8.57. The fourth-order valence-electron chi connectivity index (χ4n) is 2.76. The van der Waals surface area contributed by atoms with Crippen LogP contribution < -0.4 is 10.6 Å². The van der Waals surface area contributed by atoms with Crippen LogP contribution in [-0.2, 0) is 16.0 Å². The quantitative estimate of drug-likeness (QED) is 0.837. The monoisotopic (exact) mass is 340 g/mol. The third-order valence-corrected chi connectivity index (χ3v) is 3.92. The van der Waals surface area contributed by atoms with Crippen molar-refractivity contribution < 1.29 is 9.53 Å². The van der Waals surface area contributed by atoms with Gasteiger partial charge in [0.25, 0.3) is 0 Å². The van der Waals surface area contributed by atoms with Crippen LogP contribution in [-0.4, -0.2) is 31.7 Å². The highest BCUT2D eigenvalue weighted by atomic mass is 35.5. The second-order valence-electron chi connectivity index (χ2n) is 6.53. The molecule has 0 aliphatic carbocycles. The van der Waals surface area contributed by atoms with Crippen molar-refractivity contribution in [1.82, 2.24) is 10.6 Å². The van der Waals surface area contributed by atoms with Crippen molar-refractivity contribution in [3.8, 4) is 0 Å². The maximum atomic E-state index is 12.1. The Morgan fingerprint density at radius 3 is 2.57 bits per heavy atom. The molecule has 0 aromatic heterocycles. The van der Waals surface area contributed by atoms with Crippen LogP contribution in [0.1, 0.15) is 44.4 Å². The molecule has 1 heterocycles. The predicted octanol–water partition coefficient (Wildman–Crippen LogP) is 2.86. The molecule has 130 valence electrons. The number of hydrogen-bond acceptors (Lipinski definition) is 3. The van der Waals surface area contributed by atoms with E-state index in [-0.39, 0.29) is 30.5 Å². The van der Waals surface area contributed by atoms with Crippen molar-refractivity contribution in [3.05, 3.63) is 35.4 Å². The summed E-state index contributed by atoms with van der Waals surface area (Å²) in [6.45, 7) is 8.78. The fraction of sp³-hybridized carbons (Fsp3) is 0.611. The Bertz CT molecular complexity index is 470. The topological polar surface area (TPSA) is 50.4 Å². The number of amides is 1. The molecular formula is C18H29ClN2O2. The second-order valence-corrected chi connectivity index (χ2v) is 6.53. The number of nitrogens with one attached hydrogen (secondary N) is 2. The maximum absolute atomic E-state index is 12.1. The number of carbonyl (C=O) groups excluding carboxylic acids is 1. The van der Waals surface area contributed by atoms with E-state index in [0.29, 0.717) is 18.9 Å². The first-order chi connectivity index (χ1) is 10.5. The summed E-state index contributed by atoms with van der Waals surface area (Å²) >= 11 is 0. The minimum absolute atomic E-state index is 0. The summed E-state index contributed by atoms with van der Waals surface area (Å²) in [6.07, 6.45) is 1.50. The van der Waals surface area contributed by atoms with Gasteiger partial charge in [0.15, 0.2) is 0 Å². The summed E-state index contributed by atoms with van der Waals surface area (Å²) in [7, 11) is 0. The van der Waals surface area contributed by atoms with Crippen LogP contribution in [0.2, 0.25) is 0 Å². The highest BCUT2D eigenvalue weighted by Gasteiger charge is 2.18. The van der Waals surface area contributed by atoms with Gasteiger partial charge in [0.1, 0.15) is 0 Å². The Labute approximate surface area is 145 Å². The van der Waals surface area contributed by atoms with Crippen LogP contribution in [0.25, 0.3) is 0 Å². The first kappa shape index (κ1) is 19.9. The molecule has 4 nitrogen and oxygen atoms in total. The smallest absolute Gasteiger partial charge is 0.223 e. The first-order valence-corrected chi connectivity index (χ1v) is 8.25. The number of hydrogen-bond donors (Lipinski definition) is 2. The van der Waals surface area contributed by atoms with E-state index < -0.39 is 0 Å². The van der Waals surface area contributed by atoms with Crippen molar-refractivity contribution in [1.29, 1.82) is 0 Å². The predicted molar refractivity (Wildman–Crippen MR) is 96.0 cm³/mol. The molecule has 0 saturated carbocycles. The molecule has 2 atom stereocenters. The molecule has 1 amide bonds. The van der Waals surface area contributed by atoms with Crippen molar-refractivity contribution in [2.24, 2.45) is 5.92 Å². The van der Waals surface area contributed by atoms with E-state index in [1.807, 2.05) is 6.92 Å². The van der Waals surface area contributed by atoms with Crippen LogP contribution in [0.4, 0.5) is 0 Å². The number of carbonyl (C=O) groups is 1. The summed E-state index contributed by atoms with van der Waals surface area (Å²) in [5.41, 5.74) is 2.49. The van der Waals surface area contributed by atoms with Crippen molar-refractivity contribution in [2.45, 2.75) is 45.8 Å². The number of morpholine rings is 1. The zero-order chi connectivity index (χ0) is 15.9. The Kier molecular flexibility index (Phi) is 8.59. The Morgan fingerprint density at radius 2 is 2.00 bits per heavy atom. The van der Waals surface area contributed by atoms with E-state index in [0.717, 1.165) is 25.1 Å². The molecule has 0 radical (unpaired) electrons. The zero-order valence-corrected chi connectivity index (χ0v) is 15.1. The van der Waals surface area contributed by atoms with E-state index in [4.69, 9.17) is 4.74 Å². The van der Waals surface area contributed by atoms with Gasteiger partial charge in [-0.25, -0.2) is 0 Å². The van der Waals surface area contributed by atoms with Gasteiger partial charge in [-0.2, -0.15) is 0 Å². The van der Waals surface area contributed by atoms with Gasteiger partial charge in [-0.1, -0.05) is 38.1 Å². The molecular weight excluding hydrogens is 312 g/mol. The molecule has 23 heavy (non-hydrogen) atoms. The maximum Gasteiger partial charge on any atom is 0.223 e. The highest BCUT2D eigenvalue weighted by Crippen LogP contribution is 2.16. The van der Waals surface area contributed by atoms with Gasteiger partial charge >= 0.3 is 0 Å². The number of rotatable bonds is 6. The van der Waals surface area contributed by atoms with Crippen LogP contribution in [0.5, 0.6) is 0 Å². The molecule has 1 saturated heterocycles. The van der Waals surface area contributed by atoms with Crippen LogP contribution in [0.15, 0.2) is 24.3 Å². The minimum Gasteiger partial charge on any atom is -0.375 e. The van der Waals surface area contributed by atoms with E-state index in [2.05, 4.69) is 48.7 Å². The largest absolute Gasteiger partial charge is 0.375 e. The van der Waals surface area contributed by atoms with Gasteiger partial charge in [0.05, 0.1) is 25.2 Å². The minimum atomic E-state index is -0.00521. The zero-order valence-electron chi connectivity index (χ0n) is 14.3. The standard InChI is InChI=1S/C18H28N2O2.ClH/c1-13(2)10-15-4-6-16(7-5-15)14(3)20-18(21)11-17-12-19-8-9-22-17;/h4-7,13-14,17,19H,8-12H2,1-3H3,(H,20,21);1H. The van der Waals surface area contributed by atoms with E-state index in [1.54, 1.807) is 0 Å². The third-order valence-electron chi connectivity index (χ3n) is 3.92. The fourth-order valence-corrected chi connectivity index (χ4v) is 2.76. The Hall–Kier alpha value is -1.10. The lowest BCUT2D eigenvalue weighted by atomic mass is 10.00. The first-order valence-electron chi connectivity index (χ1n) is 8.25. The van der Waals surface area contributed by atoms with Crippen LogP contribution in [0, 0.1) is 5.92 Å². The van der Waals surface area contributed by atoms with E-state index >= 15 is 0 Å². The molecule has 1 aromatic rings. The molecule has 2 unspecified atom stereocenters. The average Bonchev–Trinajstić information content (AvgIpc) is 2.48. The lowest BCUT2D eigenvalue weighted by Gasteiger charge is -2.24. The normalized spacial score (nSPS) is 19.0. The molecule has 2 rings (SSSR count). The van der Waals surface area contributed by atoms with Crippen molar-refractivity contribution in [2.75, 3.05) is 19.7 Å². The number of ether oxygens (including phenoxy) is 1. The van der Waals surface area contributed by atoms with Gasteiger partial charge in [-0.05, 0) is 30.4 Å². The van der Waals surface area contributed by atoms with Gasteiger partial charge in [0.2, 0.25) is 5.91 Å². The van der Waals surface area contributed by atoms with Gasteiger partial charge in [-0.15, -0.1) is 12.4 Å². The average molecular weight is 341 g/mol. The van der Waals surface area contributed by atoms with Crippen LogP contribution in [0.3, 0.4) is 0 Å². The summed E-state index contributed by atoms with van der Waals surface area (Å²) < 4.78 is 5.57. The molecule has 5 heteroatoms. The van der Waals surface area contributed by atoms with Crippen LogP contribution >= 0.6 is 12.4 Å². The molecule has 0 bridgehead atoms. The molecule has 1 aliphatic heterocycles. The Morgan fingerprint density at radius 1 is 1.30 bits per heavy atom. The molecule has 1 aromatic carbocycles. The molecule has 0 spiro atoms. The van der Waals surface area contributed by atoms with Gasteiger partial charge < -0.3 is 15.4 Å². The molecule has 1 fully saturated rings. The van der Waals surface area contributed by atoms with Gasteiger partial charge in [0, 0.05) is 13.1 Å². The van der Waals surface area contributed by atoms with Gasteiger partial charge in [-0.3, -0.25) is 4.79 Å². The Balaban J connectivity index is 0.00000264. The van der Waals surface area contributed by atoms with Crippen molar-refractivity contribution >= 4 is 18.3 Å². The number of benzene rings is 1. The molecule has 1 aliphatic rings. The van der Waals surface area contributed by atoms with Crippen molar-refractivity contribution in [3.63, 3.8) is 0 Å². The highest BCUT2D eigenvalue weighted by molar-refractivity contribution is 5.85. The summed E-state index contributed by atoms with van der Waals surface area (Å²) in [4.78, 5) is 12.1. The summed E-state index contributed by atoms with van der Waals surface area (Å²) in [5.74, 6) is 0.708. The molecule has 2 N–H and O–H groups in total. The van der Waals surface area contributed by atoms with E-state index in [1.165, 1.54) is 5.56 Å². The third kappa shape index (κ3) is 6.90. The SMILES string of the molecule is CC(C)Cc1ccc(C(C)NC(=O)CC2CNCCO2)cc1.Cl. The lowest BCUT2D eigenvalue weighted by molar-refractivity contribution is -0.125. The summed E-state index contributed by atoms with van der Waals surface area (Å²) in [5, 5.41) is 6.30. The second kappa shape index (κ2) is 9.91. The lowest BCUT2D eigenvalue weighted by Crippen LogP contribution is -2.41. The van der Waals surface area contributed by atoms with E-state index in [9.17, 15) is 4.79 Å². The number of halogens is 1.